The minimum atomic E-state index is -3.34. The van der Waals surface area contributed by atoms with Crippen LogP contribution in [-0.4, -0.2) is 45.9 Å². The van der Waals surface area contributed by atoms with Gasteiger partial charge in [0, 0.05) is 45.7 Å². The van der Waals surface area contributed by atoms with Crippen molar-refractivity contribution >= 4 is 10.0 Å². The van der Waals surface area contributed by atoms with E-state index in [9.17, 15) is 8.42 Å². The predicted octanol–water partition coefficient (Wildman–Crippen LogP) is 0.139. The molecule has 0 bridgehead atoms. The minimum absolute atomic E-state index is 0.328. The van der Waals surface area contributed by atoms with Gasteiger partial charge in [0.15, 0.2) is 0 Å². The highest BCUT2D eigenvalue weighted by Crippen LogP contribution is 2.14. The maximum absolute atomic E-state index is 12.0. The second-order valence-electron chi connectivity index (χ2n) is 5.64. The van der Waals surface area contributed by atoms with Crippen LogP contribution in [0, 0.1) is 5.92 Å². The fraction of sp³-hybridized carbons (Fsp3) is 0.571. The van der Waals surface area contributed by atoms with Crippen molar-refractivity contribution < 1.29 is 8.42 Å². The Morgan fingerprint density at radius 1 is 1.29 bits per heavy atom. The average molecular weight is 312 g/mol. The summed E-state index contributed by atoms with van der Waals surface area (Å²) < 4.78 is 25.2. The highest BCUT2D eigenvalue weighted by molar-refractivity contribution is 7.89. The van der Waals surface area contributed by atoms with Crippen LogP contribution in [0.5, 0.6) is 0 Å². The summed E-state index contributed by atoms with van der Waals surface area (Å²) in [5.74, 6) is 0.568. The Labute approximate surface area is 126 Å². The second-order valence-corrected chi connectivity index (χ2v) is 7.79. The Bertz CT molecular complexity index is 557. The number of sulfonamides is 1. The van der Waals surface area contributed by atoms with E-state index in [4.69, 9.17) is 0 Å². The molecule has 1 aliphatic rings. The molecule has 2 rings (SSSR count). The maximum Gasteiger partial charge on any atom is 0.242 e. The number of rotatable bonds is 6. The topological polar surface area (TPSA) is 73.5 Å². The summed E-state index contributed by atoms with van der Waals surface area (Å²) >= 11 is 0. The molecular formula is C14H24N4O2S. The van der Waals surface area contributed by atoms with Crippen LogP contribution in [0.3, 0.4) is 0 Å². The van der Waals surface area contributed by atoms with E-state index in [-0.39, 0.29) is 0 Å². The van der Waals surface area contributed by atoms with E-state index in [1.807, 2.05) is 12.1 Å². The van der Waals surface area contributed by atoms with Gasteiger partial charge >= 0.3 is 0 Å². The Balaban J connectivity index is 1.88. The van der Waals surface area contributed by atoms with E-state index >= 15 is 0 Å². The van der Waals surface area contributed by atoms with Gasteiger partial charge in [-0.05, 0) is 24.6 Å². The van der Waals surface area contributed by atoms with Crippen molar-refractivity contribution in [3.8, 4) is 0 Å². The van der Waals surface area contributed by atoms with Crippen LogP contribution in [0.2, 0.25) is 0 Å². The van der Waals surface area contributed by atoms with Gasteiger partial charge < -0.3 is 5.32 Å². The van der Waals surface area contributed by atoms with Gasteiger partial charge in [-0.1, -0.05) is 12.1 Å². The van der Waals surface area contributed by atoms with E-state index < -0.39 is 10.0 Å². The maximum atomic E-state index is 12.0. The lowest BCUT2D eigenvalue weighted by molar-refractivity contribution is 0.454. The third kappa shape index (κ3) is 4.02. The largest absolute Gasteiger partial charge is 0.312 e. The number of benzene rings is 1. The smallest absolute Gasteiger partial charge is 0.242 e. The van der Waals surface area contributed by atoms with E-state index in [0.717, 1.165) is 25.2 Å². The van der Waals surface area contributed by atoms with E-state index in [1.54, 1.807) is 12.1 Å². The molecule has 118 valence electrons. The summed E-state index contributed by atoms with van der Waals surface area (Å²) in [6, 6.07) is 7.50. The van der Waals surface area contributed by atoms with Crippen LogP contribution >= 0.6 is 0 Å². The fourth-order valence-electron chi connectivity index (χ4n) is 2.29. The third-order valence-corrected chi connectivity index (χ3v) is 5.67. The minimum Gasteiger partial charge on any atom is -0.312 e. The first-order valence-corrected chi connectivity index (χ1v) is 8.56. The normalized spacial score (nSPS) is 22.9. The van der Waals surface area contributed by atoms with E-state index in [1.165, 1.54) is 18.4 Å². The lowest BCUT2D eigenvalue weighted by atomic mass is 10.0. The Kier molecular flexibility index (Phi) is 5.34. The lowest BCUT2D eigenvalue weighted by Gasteiger charge is -2.15. The van der Waals surface area contributed by atoms with Gasteiger partial charge in [0.1, 0.15) is 0 Å². The monoisotopic (exact) mass is 312 g/mol. The van der Waals surface area contributed by atoms with Gasteiger partial charge in [0.05, 0.1) is 4.90 Å². The molecular weight excluding hydrogens is 288 g/mol. The molecule has 7 heteroatoms. The van der Waals surface area contributed by atoms with Crippen molar-refractivity contribution in [2.75, 3.05) is 27.2 Å². The summed E-state index contributed by atoms with van der Waals surface area (Å²) in [7, 11) is -0.263. The lowest BCUT2D eigenvalue weighted by Crippen LogP contribution is -2.32. The number of nitrogens with one attached hydrogen (secondary N) is 3. The van der Waals surface area contributed by atoms with E-state index in [2.05, 4.69) is 23.1 Å². The van der Waals surface area contributed by atoms with Gasteiger partial charge in [0.2, 0.25) is 10.0 Å². The van der Waals surface area contributed by atoms with Crippen molar-refractivity contribution in [3.05, 3.63) is 29.8 Å². The molecule has 21 heavy (non-hydrogen) atoms. The van der Waals surface area contributed by atoms with E-state index in [0.29, 0.717) is 16.9 Å². The molecule has 1 aromatic carbocycles. The van der Waals surface area contributed by atoms with Crippen molar-refractivity contribution in [1.82, 2.24) is 20.5 Å². The first kappa shape index (κ1) is 16.4. The molecule has 0 aliphatic carbocycles. The first-order valence-electron chi connectivity index (χ1n) is 7.12. The van der Waals surface area contributed by atoms with Crippen molar-refractivity contribution in [2.24, 2.45) is 5.92 Å². The van der Waals surface area contributed by atoms with Gasteiger partial charge in [-0.15, -0.1) is 0 Å². The molecule has 0 saturated carbocycles. The molecule has 0 spiro atoms. The molecule has 0 aromatic heterocycles. The molecule has 3 N–H and O–H groups in total. The zero-order valence-corrected chi connectivity index (χ0v) is 13.6. The van der Waals surface area contributed by atoms with Gasteiger partial charge in [-0.3, -0.25) is 10.9 Å². The standard InChI is InChI=1S/C14H24N4O2S/c1-11-13(10-16-17-11)9-15-8-12-4-6-14(7-5-12)21(19,20)18(2)3/h4-7,11,13,15-17H,8-10H2,1-3H3. The Hall–Kier alpha value is -0.990. The number of hydrazine groups is 1. The van der Waals surface area contributed by atoms with Gasteiger partial charge in [0.25, 0.3) is 0 Å². The van der Waals surface area contributed by atoms with Crippen molar-refractivity contribution in [1.29, 1.82) is 0 Å². The molecule has 6 nitrogen and oxygen atoms in total. The molecule has 1 aliphatic heterocycles. The zero-order chi connectivity index (χ0) is 15.5. The number of hydrogen-bond donors (Lipinski definition) is 3. The number of nitrogens with zero attached hydrogens (tertiary/aromatic N) is 1. The number of hydrogen-bond acceptors (Lipinski definition) is 5. The Morgan fingerprint density at radius 2 is 1.95 bits per heavy atom. The quantitative estimate of drug-likeness (QED) is 0.697. The highest BCUT2D eigenvalue weighted by atomic mass is 32.2. The summed E-state index contributed by atoms with van der Waals surface area (Å²) in [5.41, 5.74) is 7.42. The molecule has 2 unspecified atom stereocenters. The summed E-state index contributed by atoms with van der Waals surface area (Å²) in [6.07, 6.45) is 0. The summed E-state index contributed by atoms with van der Waals surface area (Å²) in [5, 5.41) is 3.42. The summed E-state index contributed by atoms with van der Waals surface area (Å²) in [6.45, 7) is 4.80. The van der Waals surface area contributed by atoms with Crippen LogP contribution in [-0.2, 0) is 16.6 Å². The molecule has 1 aromatic rings. The van der Waals surface area contributed by atoms with Crippen molar-refractivity contribution in [3.63, 3.8) is 0 Å². The van der Waals surface area contributed by atoms with Crippen molar-refractivity contribution in [2.45, 2.75) is 24.4 Å². The van der Waals surface area contributed by atoms with Gasteiger partial charge in [-0.25, -0.2) is 12.7 Å². The average Bonchev–Trinajstić information content (AvgIpc) is 2.85. The SMILES string of the molecule is CC1NNCC1CNCc1ccc(S(=O)(=O)N(C)C)cc1. The molecule has 1 heterocycles. The van der Waals surface area contributed by atoms with Crippen LogP contribution in [0.15, 0.2) is 29.2 Å². The first-order chi connectivity index (χ1) is 9.91. The fourth-order valence-corrected chi connectivity index (χ4v) is 3.19. The predicted molar refractivity (Wildman–Crippen MR) is 83.1 cm³/mol. The third-order valence-electron chi connectivity index (χ3n) is 3.84. The van der Waals surface area contributed by atoms with Crippen LogP contribution in [0.4, 0.5) is 0 Å². The molecule has 0 radical (unpaired) electrons. The molecule has 1 saturated heterocycles. The molecule has 0 amide bonds. The Morgan fingerprint density at radius 3 is 2.48 bits per heavy atom. The highest BCUT2D eigenvalue weighted by Gasteiger charge is 2.21. The molecule has 1 fully saturated rings. The zero-order valence-electron chi connectivity index (χ0n) is 12.8. The molecule has 2 atom stereocenters. The van der Waals surface area contributed by atoms with Crippen LogP contribution < -0.4 is 16.2 Å². The van der Waals surface area contributed by atoms with Crippen LogP contribution in [0.1, 0.15) is 12.5 Å². The van der Waals surface area contributed by atoms with Crippen LogP contribution in [0.25, 0.3) is 0 Å². The second kappa shape index (κ2) is 6.85. The van der Waals surface area contributed by atoms with Gasteiger partial charge in [-0.2, -0.15) is 0 Å². The summed E-state index contributed by atoms with van der Waals surface area (Å²) in [4.78, 5) is 0.328.